The Morgan fingerprint density at radius 1 is 1.03 bits per heavy atom. The van der Waals surface area contributed by atoms with Crippen molar-refractivity contribution in [2.24, 2.45) is 0 Å². The summed E-state index contributed by atoms with van der Waals surface area (Å²) in [6.07, 6.45) is -4.62. The van der Waals surface area contributed by atoms with E-state index >= 15 is 0 Å². The van der Waals surface area contributed by atoms with Gasteiger partial charge in [-0.2, -0.15) is 13.2 Å². The molecule has 0 bridgehead atoms. The number of Topliss-reactive ketones (excluding diaryl/α,β-unsaturated/α-hetero) is 1. The van der Waals surface area contributed by atoms with Crippen LogP contribution in [0.3, 0.4) is 0 Å². The SMILES string of the molecule is CC(=O)c1ccccc1OCC(=O)N(C)CC(=O)Nc1ccccc1C(F)(F)F. The zero-order valence-corrected chi connectivity index (χ0v) is 15.7. The van der Waals surface area contributed by atoms with Gasteiger partial charge in [-0.05, 0) is 31.2 Å². The highest BCUT2D eigenvalue weighted by molar-refractivity contribution is 5.97. The molecule has 0 unspecified atom stereocenters. The maximum absolute atomic E-state index is 13.0. The van der Waals surface area contributed by atoms with Gasteiger partial charge in [0, 0.05) is 7.05 Å². The quantitative estimate of drug-likeness (QED) is 0.713. The van der Waals surface area contributed by atoms with E-state index in [-0.39, 0.29) is 11.5 Å². The minimum atomic E-state index is -4.62. The van der Waals surface area contributed by atoms with Crippen molar-refractivity contribution in [2.45, 2.75) is 13.1 Å². The molecular weight excluding hydrogens is 389 g/mol. The Labute approximate surface area is 165 Å². The summed E-state index contributed by atoms with van der Waals surface area (Å²) in [6.45, 7) is 0.454. The van der Waals surface area contributed by atoms with Gasteiger partial charge in [-0.15, -0.1) is 0 Å². The predicted molar refractivity (Wildman–Crippen MR) is 99.7 cm³/mol. The molecule has 1 N–H and O–H groups in total. The Morgan fingerprint density at radius 2 is 1.66 bits per heavy atom. The predicted octanol–water partition coefficient (Wildman–Crippen LogP) is 3.38. The molecule has 0 saturated heterocycles. The van der Waals surface area contributed by atoms with Gasteiger partial charge < -0.3 is 15.0 Å². The lowest BCUT2D eigenvalue weighted by molar-refractivity contribution is -0.137. The standard InChI is InChI=1S/C20H19F3N2O4/c1-13(26)14-7-3-6-10-17(14)29-12-19(28)25(2)11-18(27)24-16-9-5-4-8-15(16)20(21,22)23/h3-10H,11-12H2,1-2H3,(H,24,27). The second-order valence-corrected chi connectivity index (χ2v) is 6.18. The number of nitrogens with zero attached hydrogens (tertiary/aromatic N) is 1. The molecule has 2 aromatic rings. The summed E-state index contributed by atoms with van der Waals surface area (Å²) in [6, 6.07) is 10.9. The molecule has 9 heteroatoms. The molecule has 0 aliphatic rings. The fraction of sp³-hybridized carbons (Fsp3) is 0.250. The van der Waals surface area contributed by atoms with E-state index < -0.39 is 42.4 Å². The number of ether oxygens (including phenoxy) is 1. The van der Waals surface area contributed by atoms with Gasteiger partial charge in [-0.1, -0.05) is 24.3 Å². The first-order valence-electron chi connectivity index (χ1n) is 8.52. The average molecular weight is 408 g/mol. The number of ketones is 1. The van der Waals surface area contributed by atoms with Crippen molar-refractivity contribution in [3.63, 3.8) is 0 Å². The van der Waals surface area contributed by atoms with Gasteiger partial charge in [0.05, 0.1) is 23.4 Å². The molecule has 0 heterocycles. The van der Waals surface area contributed by atoms with Crippen molar-refractivity contribution in [3.05, 3.63) is 59.7 Å². The number of nitrogens with one attached hydrogen (secondary N) is 1. The van der Waals surface area contributed by atoms with Gasteiger partial charge in [-0.3, -0.25) is 14.4 Å². The lowest BCUT2D eigenvalue weighted by atomic mass is 10.1. The summed E-state index contributed by atoms with van der Waals surface area (Å²) in [5.41, 5.74) is -1.06. The number of benzene rings is 2. The van der Waals surface area contributed by atoms with Crippen molar-refractivity contribution in [2.75, 3.05) is 25.5 Å². The van der Waals surface area contributed by atoms with Gasteiger partial charge >= 0.3 is 6.18 Å². The van der Waals surface area contributed by atoms with Crippen molar-refractivity contribution in [3.8, 4) is 5.75 Å². The summed E-state index contributed by atoms with van der Waals surface area (Å²) in [4.78, 5) is 36.8. The molecule has 0 aliphatic carbocycles. The third-order valence-corrected chi connectivity index (χ3v) is 3.93. The van der Waals surface area contributed by atoms with Gasteiger partial charge in [0.15, 0.2) is 12.4 Å². The maximum Gasteiger partial charge on any atom is 0.418 e. The molecule has 0 atom stereocenters. The molecule has 6 nitrogen and oxygen atoms in total. The molecule has 0 radical (unpaired) electrons. The molecule has 2 aromatic carbocycles. The second kappa shape index (κ2) is 9.22. The van der Waals surface area contributed by atoms with E-state index in [2.05, 4.69) is 5.32 Å². The molecule has 154 valence electrons. The largest absolute Gasteiger partial charge is 0.483 e. The van der Waals surface area contributed by atoms with E-state index in [4.69, 9.17) is 4.74 Å². The summed E-state index contributed by atoms with van der Waals surface area (Å²) >= 11 is 0. The number of anilines is 1. The minimum Gasteiger partial charge on any atom is -0.483 e. The van der Waals surface area contributed by atoms with Crippen LogP contribution in [0.15, 0.2) is 48.5 Å². The number of likely N-dealkylation sites (N-methyl/N-ethyl adjacent to an activating group) is 1. The molecule has 0 aromatic heterocycles. The Hall–Kier alpha value is -3.36. The average Bonchev–Trinajstić information content (AvgIpc) is 2.65. The van der Waals surface area contributed by atoms with Crippen LogP contribution < -0.4 is 10.1 Å². The summed E-state index contributed by atoms with van der Waals surface area (Å²) in [5, 5.41) is 2.16. The normalized spacial score (nSPS) is 10.9. The molecule has 29 heavy (non-hydrogen) atoms. The highest BCUT2D eigenvalue weighted by Gasteiger charge is 2.33. The van der Waals surface area contributed by atoms with E-state index in [1.165, 1.54) is 32.2 Å². The molecule has 0 spiro atoms. The lowest BCUT2D eigenvalue weighted by Gasteiger charge is -2.19. The number of hydrogen-bond donors (Lipinski definition) is 1. The van der Waals surface area contributed by atoms with Crippen LogP contribution in [0.25, 0.3) is 0 Å². The first kappa shape index (κ1) is 21.9. The number of carbonyl (C=O) groups excluding carboxylic acids is 3. The molecule has 0 fully saturated rings. The van der Waals surface area contributed by atoms with Gasteiger partial charge in [0.25, 0.3) is 5.91 Å². The van der Waals surface area contributed by atoms with Crippen molar-refractivity contribution in [1.82, 2.24) is 4.90 Å². The van der Waals surface area contributed by atoms with Crippen LogP contribution in [-0.2, 0) is 15.8 Å². The summed E-state index contributed by atoms with van der Waals surface area (Å²) < 4.78 is 44.3. The third kappa shape index (κ3) is 6.06. The van der Waals surface area contributed by atoms with Crippen LogP contribution in [0, 0.1) is 0 Å². The van der Waals surface area contributed by atoms with Gasteiger partial charge in [0.2, 0.25) is 5.91 Å². The number of carbonyl (C=O) groups is 3. The highest BCUT2D eigenvalue weighted by atomic mass is 19.4. The van der Waals surface area contributed by atoms with E-state index in [1.807, 2.05) is 0 Å². The van der Waals surface area contributed by atoms with Crippen LogP contribution in [-0.4, -0.2) is 42.7 Å². The van der Waals surface area contributed by atoms with E-state index in [0.29, 0.717) is 5.56 Å². The van der Waals surface area contributed by atoms with Crippen LogP contribution >= 0.6 is 0 Å². The van der Waals surface area contributed by atoms with Crippen LogP contribution in [0.4, 0.5) is 18.9 Å². The van der Waals surface area contributed by atoms with Gasteiger partial charge in [0.1, 0.15) is 5.75 Å². The van der Waals surface area contributed by atoms with Gasteiger partial charge in [-0.25, -0.2) is 0 Å². The first-order valence-corrected chi connectivity index (χ1v) is 8.52. The first-order chi connectivity index (χ1) is 13.6. The van der Waals surface area contributed by atoms with Crippen LogP contribution in [0.2, 0.25) is 0 Å². The number of alkyl halides is 3. The Kier molecular flexibility index (Phi) is 6.98. The number of hydrogen-bond acceptors (Lipinski definition) is 4. The highest BCUT2D eigenvalue weighted by Crippen LogP contribution is 2.34. The fourth-order valence-electron chi connectivity index (χ4n) is 2.47. The molecule has 2 rings (SSSR count). The fourth-order valence-corrected chi connectivity index (χ4v) is 2.47. The Morgan fingerprint density at radius 3 is 2.31 bits per heavy atom. The van der Waals surface area contributed by atoms with E-state index in [1.54, 1.807) is 18.2 Å². The topological polar surface area (TPSA) is 75.7 Å². The maximum atomic E-state index is 13.0. The zero-order valence-electron chi connectivity index (χ0n) is 15.7. The van der Waals surface area contributed by atoms with Crippen molar-refractivity contribution in [1.29, 1.82) is 0 Å². The smallest absolute Gasteiger partial charge is 0.418 e. The monoisotopic (exact) mass is 408 g/mol. The van der Waals surface area contributed by atoms with Crippen LogP contribution in [0.1, 0.15) is 22.8 Å². The zero-order chi connectivity index (χ0) is 21.6. The summed E-state index contributed by atoms with van der Waals surface area (Å²) in [5.74, 6) is -1.38. The molecular formula is C20H19F3N2O4. The lowest BCUT2D eigenvalue weighted by Crippen LogP contribution is -2.38. The number of amides is 2. The number of halogens is 3. The number of rotatable bonds is 7. The second-order valence-electron chi connectivity index (χ2n) is 6.18. The van der Waals surface area contributed by atoms with E-state index in [0.717, 1.165) is 17.0 Å². The van der Waals surface area contributed by atoms with Crippen LogP contribution in [0.5, 0.6) is 5.75 Å². The molecule has 0 saturated carbocycles. The summed E-state index contributed by atoms with van der Waals surface area (Å²) in [7, 11) is 1.32. The minimum absolute atomic E-state index is 0.227. The van der Waals surface area contributed by atoms with Crippen molar-refractivity contribution >= 4 is 23.3 Å². The van der Waals surface area contributed by atoms with Crippen molar-refractivity contribution < 1.29 is 32.3 Å². The Bertz CT molecular complexity index is 913. The van der Waals surface area contributed by atoms with E-state index in [9.17, 15) is 27.6 Å². The number of para-hydroxylation sites is 2. The molecule has 2 amide bonds. The molecule has 0 aliphatic heterocycles. The third-order valence-electron chi connectivity index (χ3n) is 3.93. The Balaban J connectivity index is 1.95.